The Balaban J connectivity index is 1.90. The van der Waals surface area contributed by atoms with Crippen molar-refractivity contribution < 1.29 is 13.2 Å². The van der Waals surface area contributed by atoms with Crippen LogP contribution in [0.3, 0.4) is 0 Å². The summed E-state index contributed by atoms with van der Waals surface area (Å²) < 4.78 is 24.1. The molecule has 7 nitrogen and oxygen atoms in total. The lowest BCUT2D eigenvalue weighted by molar-refractivity contribution is -0.120. The number of hydrogen-bond acceptors (Lipinski definition) is 5. The van der Waals surface area contributed by atoms with Crippen molar-refractivity contribution in [2.24, 2.45) is 5.92 Å². The van der Waals surface area contributed by atoms with Crippen molar-refractivity contribution >= 4 is 21.7 Å². The molecule has 0 aliphatic carbocycles. The van der Waals surface area contributed by atoms with Crippen LogP contribution in [0.25, 0.3) is 0 Å². The summed E-state index contributed by atoms with van der Waals surface area (Å²) in [6.45, 7) is 0.773. The van der Waals surface area contributed by atoms with Gasteiger partial charge in [-0.2, -0.15) is 0 Å². The second-order valence-corrected chi connectivity index (χ2v) is 6.50. The number of rotatable bonds is 3. The van der Waals surface area contributed by atoms with Crippen LogP contribution >= 0.6 is 0 Å². The minimum Gasteiger partial charge on any atom is -0.309 e. The average Bonchev–Trinajstić information content (AvgIpc) is 2.39. The third-order valence-electron chi connectivity index (χ3n) is 3.11. The van der Waals surface area contributed by atoms with E-state index in [2.05, 4.69) is 15.3 Å². The predicted octanol–water partition coefficient (Wildman–Crippen LogP) is 0.0867. The topological polar surface area (TPSA) is 92.3 Å². The molecule has 1 aliphatic heterocycles. The van der Waals surface area contributed by atoms with Gasteiger partial charge in [-0.25, -0.2) is 17.7 Å². The van der Waals surface area contributed by atoms with E-state index >= 15 is 0 Å². The largest absolute Gasteiger partial charge is 0.309 e. The number of anilines is 1. The molecule has 1 aromatic heterocycles. The van der Waals surface area contributed by atoms with Gasteiger partial charge in [0.15, 0.2) is 5.82 Å². The Kier molecular flexibility index (Phi) is 4.11. The molecule has 0 bridgehead atoms. The normalized spacial score (nSPS) is 18.2. The Morgan fingerprint density at radius 2 is 2.05 bits per heavy atom. The number of hydrogen-bond donors (Lipinski definition) is 1. The summed E-state index contributed by atoms with van der Waals surface area (Å²) in [6, 6.07) is 0. The molecule has 0 atom stereocenters. The summed E-state index contributed by atoms with van der Waals surface area (Å²) in [7, 11) is -3.15. The van der Waals surface area contributed by atoms with E-state index in [9.17, 15) is 13.2 Å². The summed E-state index contributed by atoms with van der Waals surface area (Å²) in [5.41, 5.74) is 0. The van der Waals surface area contributed by atoms with Gasteiger partial charge in [-0.1, -0.05) is 0 Å². The maximum absolute atomic E-state index is 12.0. The van der Waals surface area contributed by atoms with Gasteiger partial charge in [-0.3, -0.25) is 9.78 Å². The number of amides is 1. The zero-order chi connectivity index (χ0) is 13.9. The summed E-state index contributed by atoms with van der Waals surface area (Å²) >= 11 is 0. The number of carbonyl (C=O) groups excluding carboxylic acids is 1. The standard InChI is InChI=1S/C11H16N4O3S/c1-19(17,18)15-6-2-9(3-7-15)11(16)14-10-8-12-4-5-13-10/h4-5,8-9H,2-3,6-7H2,1H3,(H,13,14,16). The Hall–Kier alpha value is -1.54. The molecule has 1 aromatic rings. The van der Waals surface area contributed by atoms with Crippen LogP contribution in [0.1, 0.15) is 12.8 Å². The molecule has 104 valence electrons. The fraction of sp³-hybridized carbons (Fsp3) is 0.545. The fourth-order valence-corrected chi connectivity index (χ4v) is 2.92. The molecule has 2 rings (SSSR count). The number of piperidine rings is 1. The van der Waals surface area contributed by atoms with Gasteiger partial charge in [-0.15, -0.1) is 0 Å². The van der Waals surface area contributed by atoms with E-state index < -0.39 is 10.0 Å². The van der Waals surface area contributed by atoms with Crippen LogP contribution in [0.2, 0.25) is 0 Å². The molecule has 0 unspecified atom stereocenters. The first-order valence-corrected chi connectivity index (χ1v) is 7.83. The molecule has 1 N–H and O–H groups in total. The lowest BCUT2D eigenvalue weighted by Gasteiger charge is -2.29. The highest BCUT2D eigenvalue weighted by Crippen LogP contribution is 2.20. The van der Waals surface area contributed by atoms with Crippen molar-refractivity contribution in [2.45, 2.75) is 12.8 Å². The van der Waals surface area contributed by atoms with Crippen molar-refractivity contribution in [2.75, 3.05) is 24.7 Å². The first-order valence-electron chi connectivity index (χ1n) is 5.99. The van der Waals surface area contributed by atoms with Crippen molar-refractivity contribution in [3.63, 3.8) is 0 Å². The maximum atomic E-state index is 12.0. The van der Waals surface area contributed by atoms with E-state index in [0.29, 0.717) is 31.7 Å². The van der Waals surface area contributed by atoms with Gasteiger partial charge in [0, 0.05) is 31.4 Å². The third kappa shape index (κ3) is 3.71. The Morgan fingerprint density at radius 3 is 2.58 bits per heavy atom. The quantitative estimate of drug-likeness (QED) is 0.849. The summed E-state index contributed by atoms with van der Waals surface area (Å²) in [4.78, 5) is 19.8. The number of nitrogens with one attached hydrogen (secondary N) is 1. The van der Waals surface area contributed by atoms with Gasteiger partial charge in [0.1, 0.15) is 0 Å². The number of nitrogens with zero attached hydrogens (tertiary/aromatic N) is 3. The molecular weight excluding hydrogens is 268 g/mol. The Bertz CT molecular complexity index is 538. The van der Waals surface area contributed by atoms with E-state index in [0.717, 1.165) is 0 Å². The smallest absolute Gasteiger partial charge is 0.228 e. The van der Waals surface area contributed by atoms with Crippen LogP contribution in [0.15, 0.2) is 18.6 Å². The van der Waals surface area contributed by atoms with Crippen LogP contribution < -0.4 is 5.32 Å². The molecule has 2 heterocycles. The van der Waals surface area contributed by atoms with Gasteiger partial charge >= 0.3 is 0 Å². The van der Waals surface area contributed by atoms with Gasteiger partial charge < -0.3 is 5.32 Å². The third-order valence-corrected chi connectivity index (χ3v) is 4.41. The first-order chi connectivity index (χ1) is 8.97. The van der Waals surface area contributed by atoms with Crippen LogP contribution in [-0.2, 0) is 14.8 Å². The molecule has 0 radical (unpaired) electrons. The zero-order valence-corrected chi connectivity index (χ0v) is 11.4. The lowest BCUT2D eigenvalue weighted by Crippen LogP contribution is -2.40. The summed E-state index contributed by atoms with van der Waals surface area (Å²) in [6.07, 6.45) is 6.75. The Labute approximate surface area is 112 Å². The van der Waals surface area contributed by atoms with Gasteiger partial charge in [0.25, 0.3) is 0 Å². The van der Waals surface area contributed by atoms with Crippen LogP contribution in [0, 0.1) is 5.92 Å². The molecule has 0 aromatic carbocycles. The monoisotopic (exact) mass is 284 g/mol. The predicted molar refractivity (Wildman–Crippen MR) is 69.8 cm³/mol. The second-order valence-electron chi connectivity index (χ2n) is 4.52. The zero-order valence-electron chi connectivity index (χ0n) is 10.6. The summed E-state index contributed by atoms with van der Waals surface area (Å²) in [5, 5.41) is 2.68. The van der Waals surface area contributed by atoms with Crippen LogP contribution in [0.5, 0.6) is 0 Å². The molecule has 0 saturated carbocycles. The molecule has 1 aliphatic rings. The van der Waals surface area contributed by atoms with Crippen molar-refractivity contribution in [3.8, 4) is 0 Å². The van der Waals surface area contributed by atoms with E-state index in [1.54, 1.807) is 0 Å². The lowest BCUT2D eigenvalue weighted by atomic mass is 9.97. The minimum atomic E-state index is -3.15. The van der Waals surface area contributed by atoms with Crippen molar-refractivity contribution in [1.82, 2.24) is 14.3 Å². The molecular formula is C11H16N4O3S. The SMILES string of the molecule is CS(=O)(=O)N1CCC(C(=O)Nc2cnccn2)CC1. The van der Waals surface area contributed by atoms with Crippen molar-refractivity contribution in [1.29, 1.82) is 0 Å². The number of carbonyl (C=O) groups is 1. The highest BCUT2D eigenvalue weighted by atomic mass is 32.2. The molecule has 19 heavy (non-hydrogen) atoms. The maximum Gasteiger partial charge on any atom is 0.228 e. The van der Waals surface area contributed by atoms with E-state index in [-0.39, 0.29) is 11.8 Å². The highest BCUT2D eigenvalue weighted by Gasteiger charge is 2.28. The molecule has 1 fully saturated rings. The molecule has 0 spiro atoms. The summed E-state index contributed by atoms with van der Waals surface area (Å²) in [5.74, 6) is 0.103. The minimum absolute atomic E-state index is 0.131. The van der Waals surface area contributed by atoms with E-state index in [1.807, 2.05) is 0 Å². The van der Waals surface area contributed by atoms with Crippen LogP contribution in [0.4, 0.5) is 5.82 Å². The van der Waals surface area contributed by atoms with Crippen LogP contribution in [-0.4, -0.2) is 47.9 Å². The average molecular weight is 284 g/mol. The first kappa shape index (κ1) is 13.9. The van der Waals surface area contributed by atoms with Gasteiger partial charge in [0.2, 0.25) is 15.9 Å². The fourth-order valence-electron chi connectivity index (χ4n) is 2.04. The Morgan fingerprint density at radius 1 is 1.37 bits per heavy atom. The van der Waals surface area contributed by atoms with E-state index in [4.69, 9.17) is 0 Å². The second kappa shape index (κ2) is 5.62. The number of sulfonamides is 1. The van der Waals surface area contributed by atoms with E-state index in [1.165, 1.54) is 29.2 Å². The molecule has 1 saturated heterocycles. The molecule has 8 heteroatoms. The van der Waals surface area contributed by atoms with Gasteiger partial charge in [0.05, 0.1) is 12.5 Å². The van der Waals surface area contributed by atoms with Gasteiger partial charge in [-0.05, 0) is 12.8 Å². The highest BCUT2D eigenvalue weighted by molar-refractivity contribution is 7.88. The number of aromatic nitrogens is 2. The van der Waals surface area contributed by atoms with Crippen molar-refractivity contribution in [3.05, 3.63) is 18.6 Å². The molecule has 1 amide bonds.